The summed E-state index contributed by atoms with van der Waals surface area (Å²) < 4.78 is 1.93. The first-order chi connectivity index (χ1) is 6.09. The third-order valence-electron chi connectivity index (χ3n) is 1.74. The van der Waals surface area contributed by atoms with Crippen LogP contribution < -0.4 is 5.73 Å². The molecule has 1 rings (SSSR count). The predicted octanol–water partition coefficient (Wildman–Crippen LogP) is 1.82. The Bertz CT molecular complexity index is 284. The minimum atomic E-state index is 0.0994. The molecular formula is C10H17N3. The molecule has 0 saturated heterocycles. The zero-order valence-electron chi connectivity index (χ0n) is 8.44. The minimum Gasteiger partial charge on any atom is -0.325 e. The molecule has 0 spiro atoms. The van der Waals surface area contributed by atoms with Gasteiger partial charge in [0.15, 0.2) is 0 Å². The molecule has 0 bridgehead atoms. The number of rotatable bonds is 3. The van der Waals surface area contributed by atoms with Gasteiger partial charge < -0.3 is 5.73 Å². The number of nitrogens with zero attached hydrogens (tertiary/aromatic N) is 2. The van der Waals surface area contributed by atoms with Gasteiger partial charge in [0.1, 0.15) is 0 Å². The summed E-state index contributed by atoms with van der Waals surface area (Å²) >= 11 is 0. The van der Waals surface area contributed by atoms with Crippen molar-refractivity contribution in [3.05, 3.63) is 24.0 Å². The van der Waals surface area contributed by atoms with E-state index >= 15 is 0 Å². The van der Waals surface area contributed by atoms with E-state index < -0.39 is 0 Å². The lowest BCUT2D eigenvalue weighted by molar-refractivity contribution is 0.532. The van der Waals surface area contributed by atoms with Gasteiger partial charge >= 0.3 is 0 Å². The molecule has 1 unspecified atom stereocenters. The first kappa shape index (κ1) is 9.99. The van der Waals surface area contributed by atoms with Crippen molar-refractivity contribution in [1.82, 2.24) is 9.78 Å². The maximum absolute atomic E-state index is 5.59. The highest BCUT2D eigenvalue weighted by atomic mass is 15.3. The molecular weight excluding hydrogens is 162 g/mol. The lowest BCUT2D eigenvalue weighted by Gasteiger charge is -2.02. The van der Waals surface area contributed by atoms with Gasteiger partial charge in [0.25, 0.3) is 0 Å². The summed E-state index contributed by atoms with van der Waals surface area (Å²) in [4.78, 5) is 0. The topological polar surface area (TPSA) is 43.8 Å². The zero-order valence-corrected chi connectivity index (χ0v) is 8.44. The van der Waals surface area contributed by atoms with Crippen molar-refractivity contribution < 1.29 is 0 Å². The normalized spacial score (nSPS) is 14.2. The van der Waals surface area contributed by atoms with Gasteiger partial charge in [-0.15, -0.1) is 0 Å². The van der Waals surface area contributed by atoms with E-state index in [-0.39, 0.29) is 6.04 Å². The second-order valence-electron chi connectivity index (χ2n) is 3.57. The van der Waals surface area contributed by atoms with Gasteiger partial charge in [0.2, 0.25) is 0 Å². The Morgan fingerprint density at radius 2 is 2.15 bits per heavy atom. The fourth-order valence-electron chi connectivity index (χ4n) is 0.984. The fourth-order valence-corrected chi connectivity index (χ4v) is 0.984. The molecule has 0 aliphatic carbocycles. The number of aromatic nitrogens is 2. The van der Waals surface area contributed by atoms with Gasteiger partial charge in [0, 0.05) is 23.8 Å². The summed E-state index contributed by atoms with van der Waals surface area (Å²) in [6.07, 6.45) is 7.82. The maximum atomic E-state index is 5.59. The minimum absolute atomic E-state index is 0.0994. The van der Waals surface area contributed by atoms with Crippen LogP contribution in [0.5, 0.6) is 0 Å². The van der Waals surface area contributed by atoms with Crippen LogP contribution in [0.4, 0.5) is 0 Å². The Labute approximate surface area is 79.2 Å². The Balaban J connectivity index is 2.69. The molecule has 1 aromatic heterocycles. The molecule has 0 saturated carbocycles. The van der Waals surface area contributed by atoms with E-state index in [9.17, 15) is 0 Å². The van der Waals surface area contributed by atoms with Gasteiger partial charge in [-0.3, -0.25) is 4.68 Å². The second-order valence-corrected chi connectivity index (χ2v) is 3.57. The second kappa shape index (κ2) is 4.23. The molecule has 3 nitrogen and oxygen atoms in total. The number of hydrogen-bond donors (Lipinski definition) is 1. The van der Waals surface area contributed by atoms with E-state index in [1.807, 2.05) is 36.2 Å². The lowest BCUT2D eigenvalue weighted by atomic mass is 10.2. The Morgan fingerprint density at radius 1 is 1.46 bits per heavy atom. The molecule has 1 aromatic rings. The third kappa shape index (κ3) is 3.03. The van der Waals surface area contributed by atoms with Crippen LogP contribution in [0.15, 0.2) is 18.5 Å². The molecule has 0 radical (unpaired) electrons. The highest BCUT2D eigenvalue weighted by molar-refractivity contribution is 5.47. The van der Waals surface area contributed by atoms with E-state index in [1.165, 1.54) is 0 Å². The van der Waals surface area contributed by atoms with Gasteiger partial charge in [-0.2, -0.15) is 5.10 Å². The molecule has 13 heavy (non-hydrogen) atoms. The van der Waals surface area contributed by atoms with E-state index in [4.69, 9.17) is 5.73 Å². The van der Waals surface area contributed by atoms with E-state index in [2.05, 4.69) is 18.9 Å². The maximum Gasteiger partial charge on any atom is 0.0562 e. The molecule has 1 heterocycles. The molecule has 0 aliphatic heterocycles. The molecule has 0 fully saturated rings. The van der Waals surface area contributed by atoms with Crippen molar-refractivity contribution in [2.75, 3.05) is 0 Å². The molecule has 0 aromatic carbocycles. The molecule has 0 amide bonds. The third-order valence-corrected chi connectivity index (χ3v) is 1.74. The van der Waals surface area contributed by atoms with E-state index in [0.717, 1.165) is 5.56 Å². The monoisotopic (exact) mass is 179 g/mol. The smallest absolute Gasteiger partial charge is 0.0562 e. The highest BCUT2D eigenvalue weighted by Gasteiger charge is 1.98. The van der Waals surface area contributed by atoms with Crippen LogP contribution in [-0.4, -0.2) is 15.8 Å². The number of hydrogen-bond acceptors (Lipinski definition) is 2. The van der Waals surface area contributed by atoms with Gasteiger partial charge in [-0.1, -0.05) is 12.2 Å². The largest absolute Gasteiger partial charge is 0.325 e. The molecule has 72 valence electrons. The van der Waals surface area contributed by atoms with E-state index in [1.54, 1.807) is 0 Å². The Kier molecular flexibility index (Phi) is 3.25. The standard InChI is InChI=1S/C10H17N3/c1-8(2)13-7-10(6-12-13)5-4-9(3)11/h4-9H,11H2,1-3H3/b5-4+. The molecule has 3 heteroatoms. The fraction of sp³-hybridized carbons (Fsp3) is 0.500. The van der Waals surface area contributed by atoms with Crippen molar-refractivity contribution in [3.8, 4) is 0 Å². The van der Waals surface area contributed by atoms with E-state index in [0.29, 0.717) is 6.04 Å². The summed E-state index contributed by atoms with van der Waals surface area (Å²) in [5.74, 6) is 0. The average molecular weight is 179 g/mol. The lowest BCUT2D eigenvalue weighted by Crippen LogP contribution is -2.09. The van der Waals surface area contributed by atoms with Crippen molar-refractivity contribution in [2.45, 2.75) is 32.9 Å². The van der Waals surface area contributed by atoms with Crippen LogP contribution in [0.2, 0.25) is 0 Å². The van der Waals surface area contributed by atoms with Gasteiger partial charge in [-0.25, -0.2) is 0 Å². The first-order valence-electron chi connectivity index (χ1n) is 4.57. The summed E-state index contributed by atoms with van der Waals surface area (Å²) in [6, 6.07) is 0.514. The highest BCUT2D eigenvalue weighted by Crippen LogP contribution is 2.06. The Morgan fingerprint density at radius 3 is 2.62 bits per heavy atom. The average Bonchev–Trinajstić information content (AvgIpc) is 2.48. The first-order valence-corrected chi connectivity index (χ1v) is 4.57. The summed E-state index contributed by atoms with van der Waals surface area (Å²) in [7, 11) is 0. The summed E-state index contributed by atoms with van der Waals surface area (Å²) in [5, 5.41) is 4.22. The SMILES string of the molecule is CC(N)/C=C/c1cnn(C(C)C)c1. The quantitative estimate of drug-likeness (QED) is 0.769. The van der Waals surface area contributed by atoms with Gasteiger partial charge in [0.05, 0.1) is 6.20 Å². The van der Waals surface area contributed by atoms with Crippen LogP contribution >= 0.6 is 0 Å². The van der Waals surface area contributed by atoms with Crippen LogP contribution in [0.1, 0.15) is 32.4 Å². The van der Waals surface area contributed by atoms with Crippen LogP contribution in [-0.2, 0) is 0 Å². The summed E-state index contributed by atoms with van der Waals surface area (Å²) in [5.41, 5.74) is 6.70. The Hall–Kier alpha value is -1.09. The number of nitrogens with two attached hydrogens (primary N) is 1. The van der Waals surface area contributed by atoms with Crippen molar-refractivity contribution >= 4 is 6.08 Å². The summed E-state index contributed by atoms with van der Waals surface area (Å²) in [6.45, 7) is 6.15. The molecule has 1 atom stereocenters. The van der Waals surface area contributed by atoms with Crippen LogP contribution in [0.25, 0.3) is 6.08 Å². The molecule has 2 N–H and O–H groups in total. The van der Waals surface area contributed by atoms with Crippen molar-refractivity contribution in [1.29, 1.82) is 0 Å². The van der Waals surface area contributed by atoms with Crippen LogP contribution in [0, 0.1) is 0 Å². The van der Waals surface area contributed by atoms with Crippen molar-refractivity contribution in [3.63, 3.8) is 0 Å². The van der Waals surface area contributed by atoms with Crippen LogP contribution in [0.3, 0.4) is 0 Å². The predicted molar refractivity (Wildman–Crippen MR) is 55.3 cm³/mol. The zero-order chi connectivity index (χ0) is 9.84. The molecule has 0 aliphatic rings. The van der Waals surface area contributed by atoms with Gasteiger partial charge in [-0.05, 0) is 20.8 Å². The van der Waals surface area contributed by atoms with Crippen molar-refractivity contribution in [2.24, 2.45) is 5.73 Å².